The highest BCUT2D eigenvalue weighted by molar-refractivity contribution is 9.11. The molecule has 1 aliphatic carbocycles. The van der Waals surface area contributed by atoms with Crippen LogP contribution >= 0.6 is 38.9 Å². The second-order valence-corrected chi connectivity index (χ2v) is 9.82. The van der Waals surface area contributed by atoms with Gasteiger partial charge in [0.15, 0.2) is 5.78 Å². The molecular formula is C21H17BrClN3OS. The van der Waals surface area contributed by atoms with E-state index in [0.717, 1.165) is 38.5 Å². The van der Waals surface area contributed by atoms with Gasteiger partial charge in [-0.1, -0.05) is 17.7 Å². The van der Waals surface area contributed by atoms with Gasteiger partial charge >= 0.3 is 0 Å². The Morgan fingerprint density at radius 2 is 2.11 bits per heavy atom. The van der Waals surface area contributed by atoms with E-state index in [2.05, 4.69) is 22.0 Å². The average Bonchev–Trinajstić information content (AvgIpc) is 3.09. The van der Waals surface area contributed by atoms with Gasteiger partial charge in [-0.15, -0.1) is 11.3 Å². The van der Waals surface area contributed by atoms with E-state index in [9.17, 15) is 10.1 Å². The van der Waals surface area contributed by atoms with E-state index in [1.54, 1.807) is 0 Å². The van der Waals surface area contributed by atoms with Gasteiger partial charge in [-0.05, 0) is 65.5 Å². The second kappa shape index (κ2) is 7.40. The number of nitrogens with zero attached hydrogens (tertiary/aromatic N) is 2. The van der Waals surface area contributed by atoms with Gasteiger partial charge in [-0.3, -0.25) is 9.69 Å². The van der Waals surface area contributed by atoms with Crippen molar-refractivity contribution in [3.8, 4) is 6.07 Å². The maximum absolute atomic E-state index is 13.0. The predicted molar refractivity (Wildman–Crippen MR) is 116 cm³/mol. The normalized spacial score (nSPS) is 19.7. The van der Waals surface area contributed by atoms with Gasteiger partial charge in [0.05, 0.1) is 27.0 Å². The molecule has 7 heteroatoms. The lowest BCUT2D eigenvalue weighted by molar-refractivity contribution is -0.116. The minimum atomic E-state index is -0.417. The van der Waals surface area contributed by atoms with Crippen molar-refractivity contribution in [3.63, 3.8) is 0 Å². The minimum absolute atomic E-state index is 0.0840. The number of Topliss-reactive ketones (excluding diaryl/α,β-unsaturated/α-hetero) is 1. The SMILES string of the molecule is Cc1ccc(Cl)cc1N1C(N)=C(C#N)C(c2ccc(Br)s2)C2=C1CCCC2=O. The molecule has 1 unspecified atom stereocenters. The topological polar surface area (TPSA) is 70.1 Å². The molecular weight excluding hydrogens is 458 g/mol. The van der Waals surface area contributed by atoms with E-state index in [-0.39, 0.29) is 5.78 Å². The standard InChI is InChI=1S/C21H17BrClN3OS/c1-11-5-6-12(23)9-15(11)26-14-3-2-4-16(27)20(14)19(13(10-24)21(26)25)17-7-8-18(22)28-17/h5-9,19H,2-4,25H2,1H3. The summed E-state index contributed by atoms with van der Waals surface area (Å²) in [5, 5.41) is 10.6. The predicted octanol–water partition coefficient (Wildman–Crippen LogP) is 5.78. The largest absolute Gasteiger partial charge is 0.384 e. The summed E-state index contributed by atoms with van der Waals surface area (Å²) in [4.78, 5) is 15.8. The zero-order chi connectivity index (χ0) is 20.0. The van der Waals surface area contributed by atoms with Crippen LogP contribution in [0.4, 0.5) is 5.69 Å². The molecule has 2 heterocycles. The van der Waals surface area contributed by atoms with E-state index in [0.29, 0.717) is 28.4 Å². The van der Waals surface area contributed by atoms with E-state index < -0.39 is 5.92 Å². The van der Waals surface area contributed by atoms with Crippen molar-refractivity contribution in [1.29, 1.82) is 5.26 Å². The lowest BCUT2D eigenvalue weighted by atomic mass is 9.78. The van der Waals surface area contributed by atoms with Crippen LogP contribution in [0.3, 0.4) is 0 Å². The number of benzene rings is 1. The quantitative estimate of drug-likeness (QED) is 0.599. The fraction of sp³-hybridized carbons (Fsp3) is 0.238. The van der Waals surface area contributed by atoms with Crippen molar-refractivity contribution < 1.29 is 4.79 Å². The second-order valence-electron chi connectivity index (χ2n) is 6.89. The Hall–Kier alpha value is -2.07. The van der Waals surface area contributed by atoms with Crippen LogP contribution in [0, 0.1) is 18.3 Å². The lowest BCUT2D eigenvalue weighted by Gasteiger charge is -2.39. The highest BCUT2D eigenvalue weighted by Crippen LogP contribution is 2.48. The number of carbonyl (C=O) groups is 1. The van der Waals surface area contributed by atoms with Crippen LogP contribution in [0.2, 0.25) is 5.02 Å². The number of allylic oxidation sites excluding steroid dienone is 3. The number of thiophene rings is 1. The average molecular weight is 475 g/mol. The maximum Gasteiger partial charge on any atom is 0.161 e. The van der Waals surface area contributed by atoms with Crippen LogP contribution in [-0.4, -0.2) is 5.78 Å². The van der Waals surface area contributed by atoms with Gasteiger partial charge in [0, 0.05) is 27.6 Å². The summed E-state index contributed by atoms with van der Waals surface area (Å²) in [6.07, 6.45) is 1.99. The number of halogens is 2. The minimum Gasteiger partial charge on any atom is -0.384 e. The molecule has 0 spiro atoms. The Labute approximate surface area is 181 Å². The molecule has 2 aliphatic rings. The Bertz CT molecular complexity index is 1100. The van der Waals surface area contributed by atoms with Crippen molar-refractivity contribution in [2.75, 3.05) is 4.90 Å². The third kappa shape index (κ3) is 3.08. The van der Waals surface area contributed by atoms with E-state index >= 15 is 0 Å². The zero-order valence-corrected chi connectivity index (χ0v) is 18.3. The highest BCUT2D eigenvalue weighted by Gasteiger charge is 2.41. The first-order chi connectivity index (χ1) is 13.4. The summed E-state index contributed by atoms with van der Waals surface area (Å²) in [5.74, 6) is 0.0383. The molecule has 2 aromatic rings. The molecule has 4 rings (SSSR count). The van der Waals surface area contributed by atoms with E-state index in [4.69, 9.17) is 17.3 Å². The highest BCUT2D eigenvalue weighted by atomic mass is 79.9. The van der Waals surface area contributed by atoms with Crippen molar-refractivity contribution in [3.05, 3.63) is 72.2 Å². The van der Waals surface area contributed by atoms with Crippen LogP contribution in [0.15, 0.2) is 56.8 Å². The number of hydrogen-bond acceptors (Lipinski definition) is 5. The first kappa shape index (κ1) is 19.3. The summed E-state index contributed by atoms with van der Waals surface area (Å²) in [5.41, 5.74) is 10.3. The molecule has 0 amide bonds. The van der Waals surface area contributed by atoms with Crippen molar-refractivity contribution >= 4 is 50.3 Å². The number of aryl methyl sites for hydroxylation is 1. The van der Waals surface area contributed by atoms with Gasteiger partial charge in [-0.2, -0.15) is 5.26 Å². The van der Waals surface area contributed by atoms with Crippen LogP contribution in [-0.2, 0) is 4.79 Å². The van der Waals surface area contributed by atoms with Gasteiger partial charge in [0.2, 0.25) is 0 Å². The fourth-order valence-corrected chi connectivity index (χ4v) is 5.66. The van der Waals surface area contributed by atoms with Gasteiger partial charge in [0.1, 0.15) is 5.82 Å². The van der Waals surface area contributed by atoms with Crippen LogP contribution in [0.5, 0.6) is 0 Å². The molecule has 0 saturated carbocycles. The smallest absolute Gasteiger partial charge is 0.161 e. The molecule has 142 valence electrons. The summed E-state index contributed by atoms with van der Waals surface area (Å²) in [6, 6.07) is 11.8. The lowest BCUT2D eigenvalue weighted by Crippen LogP contribution is -2.38. The summed E-state index contributed by atoms with van der Waals surface area (Å²) in [7, 11) is 0. The Kier molecular flexibility index (Phi) is 5.09. The van der Waals surface area contributed by atoms with Crippen molar-refractivity contribution in [2.45, 2.75) is 32.1 Å². The first-order valence-electron chi connectivity index (χ1n) is 8.90. The number of nitrogens with two attached hydrogens (primary N) is 1. The van der Waals surface area contributed by atoms with Crippen LogP contribution in [0.1, 0.15) is 35.6 Å². The number of ketones is 1. The molecule has 0 bridgehead atoms. The Balaban J connectivity index is 2.00. The molecule has 28 heavy (non-hydrogen) atoms. The van der Waals surface area contributed by atoms with Crippen LogP contribution in [0.25, 0.3) is 0 Å². The molecule has 1 aliphatic heterocycles. The summed E-state index contributed by atoms with van der Waals surface area (Å²) >= 11 is 11.3. The number of rotatable bonds is 2. The molecule has 0 radical (unpaired) electrons. The number of nitriles is 1. The van der Waals surface area contributed by atoms with Gasteiger partial charge in [-0.25, -0.2) is 0 Å². The van der Waals surface area contributed by atoms with Gasteiger partial charge < -0.3 is 5.73 Å². The molecule has 0 saturated heterocycles. The third-order valence-electron chi connectivity index (χ3n) is 5.20. The Morgan fingerprint density at radius 1 is 1.32 bits per heavy atom. The summed E-state index contributed by atoms with van der Waals surface area (Å²) in [6.45, 7) is 1.97. The zero-order valence-electron chi connectivity index (χ0n) is 15.1. The van der Waals surface area contributed by atoms with Gasteiger partial charge in [0.25, 0.3) is 0 Å². The molecule has 1 atom stereocenters. The van der Waals surface area contributed by atoms with E-state index in [1.165, 1.54) is 11.3 Å². The molecule has 1 aromatic heterocycles. The fourth-order valence-electron chi connectivity index (χ4n) is 3.95. The van der Waals surface area contributed by atoms with Crippen molar-refractivity contribution in [1.82, 2.24) is 0 Å². The first-order valence-corrected chi connectivity index (χ1v) is 10.9. The molecule has 1 aromatic carbocycles. The Morgan fingerprint density at radius 3 is 2.79 bits per heavy atom. The molecule has 0 fully saturated rings. The van der Waals surface area contributed by atoms with E-state index in [1.807, 2.05) is 42.2 Å². The maximum atomic E-state index is 13.0. The summed E-state index contributed by atoms with van der Waals surface area (Å²) < 4.78 is 0.955. The molecule has 2 N–H and O–H groups in total. The van der Waals surface area contributed by atoms with Crippen LogP contribution < -0.4 is 10.6 Å². The third-order valence-corrected chi connectivity index (χ3v) is 7.13. The molecule has 4 nitrogen and oxygen atoms in total. The number of anilines is 1. The number of carbonyl (C=O) groups excluding carboxylic acids is 1. The van der Waals surface area contributed by atoms with Crippen molar-refractivity contribution in [2.24, 2.45) is 5.73 Å². The monoisotopic (exact) mass is 473 g/mol. The number of hydrogen-bond donors (Lipinski definition) is 1.